The summed E-state index contributed by atoms with van der Waals surface area (Å²) in [6, 6.07) is 29.9. The fourth-order valence-electron chi connectivity index (χ4n) is 2.74. The molecular weight excluding hydrogens is 319 g/mol. The summed E-state index contributed by atoms with van der Waals surface area (Å²) in [6.07, 6.45) is 2.08. The Balaban J connectivity index is 1.77. The van der Waals surface area contributed by atoms with Crippen molar-refractivity contribution in [2.75, 3.05) is 0 Å². The van der Waals surface area contributed by atoms with E-state index in [-0.39, 0.29) is 7.92 Å². The van der Waals surface area contributed by atoms with Gasteiger partial charge in [0.1, 0.15) is 0 Å². The van der Waals surface area contributed by atoms with E-state index in [1.807, 2.05) is 6.07 Å². The second-order valence-electron chi connectivity index (χ2n) is 6.26. The second-order valence-corrected chi connectivity index (χ2v) is 8.89. The van der Waals surface area contributed by atoms with E-state index in [2.05, 4.69) is 110 Å². The molecule has 0 aliphatic carbocycles. The molecule has 0 amide bonds. The third-order valence-corrected chi connectivity index (χ3v) is 6.53. The lowest BCUT2D eigenvalue weighted by Gasteiger charge is -2.16. The molecule has 3 rings (SSSR count). The molecule has 3 aromatic carbocycles. The topological polar surface area (TPSA) is 0 Å². The molecule has 1 unspecified atom stereocenters. The van der Waals surface area contributed by atoms with Crippen molar-refractivity contribution in [1.29, 1.82) is 0 Å². The first-order valence-electron chi connectivity index (χ1n) is 8.65. The normalized spacial score (nSPS) is 11.6. The maximum Gasteiger partial charge on any atom is -0.0127 e. The van der Waals surface area contributed by atoms with Gasteiger partial charge in [0, 0.05) is 0 Å². The number of hydrogen-bond donors (Lipinski definition) is 0. The lowest BCUT2D eigenvalue weighted by Crippen LogP contribution is -2.05. The highest BCUT2D eigenvalue weighted by atomic mass is 31.1. The Morgan fingerprint density at radius 2 is 1.28 bits per heavy atom. The lowest BCUT2D eigenvalue weighted by atomic mass is 10.0. The van der Waals surface area contributed by atoms with Gasteiger partial charge in [0.2, 0.25) is 0 Å². The molecular formula is C24H23P. The average molecular weight is 342 g/mol. The van der Waals surface area contributed by atoms with Crippen LogP contribution in [-0.4, -0.2) is 5.66 Å². The zero-order valence-electron chi connectivity index (χ0n) is 14.8. The Hall–Kier alpha value is -2.39. The number of rotatable bonds is 5. The zero-order chi connectivity index (χ0) is 17.5. The van der Waals surface area contributed by atoms with Gasteiger partial charge in [-0.1, -0.05) is 98.8 Å². The fourth-order valence-corrected chi connectivity index (χ4v) is 4.53. The van der Waals surface area contributed by atoms with Crippen molar-refractivity contribution in [3.63, 3.8) is 0 Å². The van der Waals surface area contributed by atoms with Crippen molar-refractivity contribution in [2.24, 2.45) is 0 Å². The Morgan fingerprint density at radius 3 is 1.88 bits per heavy atom. The molecule has 0 aliphatic rings. The van der Waals surface area contributed by atoms with Crippen LogP contribution >= 0.6 is 7.92 Å². The highest BCUT2D eigenvalue weighted by Gasteiger charge is 2.10. The van der Waals surface area contributed by atoms with Crippen molar-refractivity contribution >= 4 is 19.3 Å². The van der Waals surface area contributed by atoms with Crippen LogP contribution in [0.1, 0.15) is 19.4 Å². The molecule has 0 heterocycles. The molecule has 1 atom stereocenters. The molecule has 0 saturated carbocycles. The monoisotopic (exact) mass is 342 g/mol. The van der Waals surface area contributed by atoms with Gasteiger partial charge in [0.15, 0.2) is 0 Å². The van der Waals surface area contributed by atoms with E-state index in [4.69, 9.17) is 0 Å². The van der Waals surface area contributed by atoms with Gasteiger partial charge in [-0.2, -0.15) is 0 Å². The molecule has 0 aliphatic heterocycles. The van der Waals surface area contributed by atoms with Crippen LogP contribution in [-0.2, 0) is 0 Å². The van der Waals surface area contributed by atoms with Crippen LogP contribution in [0.2, 0.25) is 0 Å². The Bertz CT molecular complexity index is 840. The first kappa shape index (κ1) is 17.4. The van der Waals surface area contributed by atoms with Crippen LogP contribution in [0.25, 0.3) is 17.2 Å². The summed E-state index contributed by atoms with van der Waals surface area (Å²) in [5, 5.41) is 1.41. The first-order chi connectivity index (χ1) is 12.2. The summed E-state index contributed by atoms with van der Waals surface area (Å²) in [7, 11) is -0.321. The molecule has 0 radical (unpaired) electrons. The largest absolute Gasteiger partial charge is 0.119 e. The highest BCUT2D eigenvalue weighted by molar-refractivity contribution is 7.69. The average Bonchev–Trinajstić information content (AvgIpc) is 2.67. The van der Waals surface area contributed by atoms with E-state index in [9.17, 15) is 0 Å². The summed E-state index contributed by atoms with van der Waals surface area (Å²) in [6.45, 7) is 4.57. The van der Waals surface area contributed by atoms with Crippen LogP contribution in [0, 0.1) is 0 Å². The minimum Gasteiger partial charge on any atom is -0.119 e. The quantitative estimate of drug-likeness (QED) is 0.358. The molecule has 0 bridgehead atoms. The molecule has 0 fully saturated rings. The van der Waals surface area contributed by atoms with Crippen LogP contribution < -0.4 is 5.30 Å². The van der Waals surface area contributed by atoms with Gasteiger partial charge in [0.05, 0.1) is 0 Å². The van der Waals surface area contributed by atoms with Crippen molar-refractivity contribution in [3.8, 4) is 11.1 Å². The van der Waals surface area contributed by atoms with E-state index in [0.717, 1.165) is 0 Å². The summed E-state index contributed by atoms with van der Waals surface area (Å²) in [5.41, 5.74) is 7.71. The third kappa shape index (κ3) is 4.80. The second kappa shape index (κ2) is 8.63. The molecule has 25 heavy (non-hydrogen) atoms. The molecule has 0 saturated heterocycles. The summed E-state index contributed by atoms with van der Waals surface area (Å²) >= 11 is 0. The van der Waals surface area contributed by atoms with Crippen molar-refractivity contribution < 1.29 is 0 Å². The third-order valence-electron chi connectivity index (χ3n) is 4.09. The molecule has 0 aromatic heterocycles. The standard InChI is InChI=1S/C24H23P/c1-20(2)25(24-13-7-4-8-14-24)19-9-10-21-15-17-23(18-16-21)22-11-5-3-6-12-22/h3-8,10-20H,1-2H3. The van der Waals surface area contributed by atoms with Crippen molar-refractivity contribution in [3.05, 3.63) is 102 Å². The van der Waals surface area contributed by atoms with E-state index < -0.39 is 0 Å². The van der Waals surface area contributed by atoms with E-state index in [1.165, 1.54) is 22.0 Å². The minimum atomic E-state index is -0.321. The maximum absolute atomic E-state index is 3.42. The van der Waals surface area contributed by atoms with Crippen molar-refractivity contribution in [1.82, 2.24) is 0 Å². The summed E-state index contributed by atoms with van der Waals surface area (Å²) < 4.78 is 0. The molecule has 124 valence electrons. The smallest absolute Gasteiger partial charge is 0.0127 e. The van der Waals surface area contributed by atoms with Crippen molar-refractivity contribution in [2.45, 2.75) is 19.5 Å². The predicted molar refractivity (Wildman–Crippen MR) is 113 cm³/mol. The van der Waals surface area contributed by atoms with Gasteiger partial charge in [-0.3, -0.25) is 0 Å². The van der Waals surface area contributed by atoms with Gasteiger partial charge in [-0.15, -0.1) is 5.73 Å². The zero-order valence-corrected chi connectivity index (χ0v) is 15.7. The summed E-state index contributed by atoms with van der Waals surface area (Å²) in [4.78, 5) is 0. The van der Waals surface area contributed by atoms with Crippen LogP contribution in [0.4, 0.5) is 0 Å². The van der Waals surface area contributed by atoms with Gasteiger partial charge in [-0.25, -0.2) is 0 Å². The van der Waals surface area contributed by atoms with Crippen LogP contribution in [0.5, 0.6) is 0 Å². The van der Waals surface area contributed by atoms with Crippen LogP contribution in [0.3, 0.4) is 0 Å². The number of hydrogen-bond acceptors (Lipinski definition) is 0. The Morgan fingerprint density at radius 1 is 0.720 bits per heavy atom. The Kier molecular flexibility index (Phi) is 6.02. The van der Waals surface area contributed by atoms with Gasteiger partial charge in [0.25, 0.3) is 0 Å². The van der Waals surface area contributed by atoms with Crippen LogP contribution in [0.15, 0.2) is 96.5 Å². The van der Waals surface area contributed by atoms with E-state index in [1.54, 1.807) is 0 Å². The molecule has 0 N–H and O–H groups in total. The van der Waals surface area contributed by atoms with Gasteiger partial charge >= 0.3 is 0 Å². The Labute approximate surface area is 152 Å². The van der Waals surface area contributed by atoms with E-state index in [0.29, 0.717) is 5.66 Å². The molecule has 1 heteroatoms. The van der Waals surface area contributed by atoms with E-state index >= 15 is 0 Å². The summed E-state index contributed by atoms with van der Waals surface area (Å²) in [5.74, 6) is 2.25. The SMILES string of the molecule is CC(C)P(C=C=Cc1ccc(-c2ccccc2)cc1)c1ccccc1. The molecule has 0 nitrogen and oxygen atoms in total. The molecule has 3 aromatic rings. The van der Waals surface area contributed by atoms with Gasteiger partial charge < -0.3 is 0 Å². The maximum atomic E-state index is 3.42. The molecule has 0 spiro atoms. The predicted octanol–water partition coefficient (Wildman–Crippen LogP) is 6.70. The van der Waals surface area contributed by atoms with Gasteiger partial charge in [-0.05, 0) is 47.5 Å². The highest BCUT2D eigenvalue weighted by Crippen LogP contribution is 2.41. The number of benzene rings is 3. The minimum absolute atomic E-state index is 0.321. The first-order valence-corrected chi connectivity index (χ1v) is 10.1. The lowest BCUT2D eigenvalue weighted by molar-refractivity contribution is 1.10. The fraction of sp³-hybridized carbons (Fsp3) is 0.125.